The van der Waals surface area contributed by atoms with Gasteiger partial charge < -0.3 is 5.73 Å². The molecule has 0 saturated heterocycles. The smallest absolute Gasteiger partial charge is 0.0645 e. The van der Waals surface area contributed by atoms with Crippen LogP contribution in [0.1, 0.15) is 38.3 Å². The Labute approximate surface area is 127 Å². The number of nitrogens with two attached hydrogens (primary N) is 1. The molecule has 0 aliphatic rings. The maximum atomic E-state index is 6.02. The summed E-state index contributed by atoms with van der Waals surface area (Å²) in [5.41, 5.74) is 8.30. The molecule has 1 atom stereocenters. The van der Waals surface area contributed by atoms with Gasteiger partial charge in [0.05, 0.1) is 17.9 Å². The van der Waals surface area contributed by atoms with Gasteiger partial charge in [-0.2, -0.15) is 5.10 Å². The molecule has 0 fully saturated rings. The summed E-state index contributed by atoms with van der Waals surface area (Å²) in [6.45, 7) is 7.14. The number of rotatable bonds is 8. The molecule has 2 aromatic rings. The Kier molecular flexibility index (Phi) is 5.96. The van der Waals surface area contributed by atoms with Crippen LogP contribution in [0, 0.1) is 0 Å². The van der Waals surface area contributed by atoms with Gasteiger partial charge in [-0.05, 0) is 31.6 Å². The average molecular weight is 286 g/mol. The molecule has 2 rings (SSSR count). The van der Waals surface area contributed by atoms with Gasteiger partial charge in [-0.15, -0.1) is 0 Å². The third-order valence-electron chi connectivity index (χ3n) is 3.88. The van der Waals surface area contributed by atoms with E-state index in [2.05, 4.69) is 42.2 Å². The van der Waals surface area contributed by atoms with E-state index in [0.29, 0.717) is 6.54 Å². The van der Waals surface area contributed by atoms with Crippen LogP contribution in [-0.4, -0.2) is 34.3 Å². The quantitative estimate of drug-likeness (QED) is 0.811. The molecular weight excluding hydrogens is 260 g/mol. The summed E-state index contributed by atoms with van der Waals surface area (Å²) >= 11 is 0. The second-order valence-electron chi connectivity index (χ2n) is 5.29. The molecule has 114 valence electrons. The van der Waals surface area contributed by atoms with Gasteiger partial charge in [0.2, 0.25) is 0 Å². The summed E-state index contributed by atoms with van der Waals surface area (Å²) < 4.78 is 1.92. The van der Waals surface area contributed by atoms with Gasteiger partial charge in [0, 0.05) is 18.3 Å². The molecule has 0 aliphatic heterocycles. The second-order valence-corrected chi connectivity index (χ2v) is 5.29. The standard InChI is InChI=1S/C17H26N4/c1-3-5-11-20(4-2)17(12-18)15-13-19-21(14-15)16-9-7-6-8-10-16/h6-10,13-14,17H,3-5,11-12,18H2,1-2H3. The summed E-state index contributed by atoms with van der Waals surface area (Å²) in [6.07, 6.45) is 6.45. The molecule has 0 bridgehead atoms. The summed E-state index contributed by atoms with van der Waals surface area (Å²) in [5, 5.41) is 4.49. The second kappa shape index (κ2) is 7.96. The van der Waals surface area contributed by atoms with E-state index in [4.69, 9.17) is 5.73 Å². The summed E-state index contributed by atoms with van der Waals surface area (Å²) in [4.78, 5) is 2.44. The van der Waals surface area contributed by atoms with Crippen LogP contribution in [0.15, 0.2) is 42.7 Å². The zero-order chi connectivity index (χ0) is 15.1. The first-order valence-corrected chi connectivity index (χ1v) is 7.84. The van der Waals surface area contributed by atoms with Gasteiger partial charge in [-0.3, -0.25) is 4.90 Å². The van der Waals surface area contributed by atoms with Gasteiger partial charge in [0.15, 0.2) is 0 Å². The van der Waals surface area contributed by atoms with Crippen molar-refractivity contribution in [2.24, 2.45) is 5.73 Å². The van der Waals surface area contributed by atoms with Crippen molar-refractivity contribution in [2.75, 3.05) is 19.6 Å². The van der Waals surface area contributed by atoms with E-state index in [1.54, 1.807) is 0 Å². The highest BCUT2D eigenvalue weighted by Crippen LogP contribution is 2.20. The predicted octanol–water partition coefficient (Wildman–Crippen LogP) is 2.99. The normalized spacial score (nSPS) is 12.8. The van der Waals surface area contributed by atoms with Crippen LogP contribution < -0.4 is 5.73 Å². The molecule has 0 radical (unpaired) electrons. The highest BCUT2D eigenvalue weighted by molar-refractivity contribution is 5.31. The van der Waals surface area contributed by atoms with Crippen molar-refractivity contribution >= 4 is 0 Å². The minimum Gasteiger partial charge on any atom is -0.329 e. The zero-order valence-corrected chi connectivity index (χ0v) is 13.1. The van der Waals surface area contributed by atoms with E-state index in [1.807, 2.05) is 29.1 Å². The predicted molar refractivity (Wildman–Crippen MR) is 87.5 cm³/mol. The highest BCUT2D eigenvalue weighted by Gasteiger charge is 2.19. The van der Waals surface area contributed by atoms with Crippen LogP contribution in [0.5, 0.6) is 0 Å². The number of likely N-dealkylation sites (N-methyl/N-ethyl adjacent to an activating group) is 1. The summed E-state index contributed by atoms with van der Waals surface area (Å²) in [5.74, 6) is 0. The van der Waals surface area contributed by atoms with Crippen molar-refractivity contribution in [1.82, 2.24) is 14.7 Å². The maximum Gasteiger partial charge on any atom is 0.0645 e. The number of aromatic nitrogens is 2. The van der Waals surface area contributed by atoms with Gasteiger partial charge in [0.1, 0.15) is 0 Å². The van der Waals surface area contributed by atoms with Crippen LogP contribution in [-0.2, 0) is 0 Å². The first-order valence-electron chi connectivity index (χ1n) is 7.84. The molecule has 4 nitrogen and oxygen atoms in total. The third kappa shape index (κ3) is 3.93. The van der Waals surface area contributed by atoms with Crippen molar-refractivity contribution in [3.05, 3.63) is 48.3 Å². The highest BCUT2D eigenvalue weighted by atomic mass is 15.3. The van der Waals surface area contributed by atoms with Crippen molar-refractivity contribution < 1.29 is 0 Å². The molecular formula is C17H26N4. The third-order valence-corrected chi connectivity index (χ3v) is 3.88. The Balaban J connectivity index is 2.17. The fourth-order valence-electron chi connectivity index (χ4n) is 2.62. The maximum absolute atomic E-state index is 6.02. The van der Waals surface area contributed by atoms with E-state index in [9.17, 15) is 0 Å². The van der Waals surface area contributed by atoms with Gasteiger partial charge in [-0.25, -0.2) is 4.68 Å². The van der Waals surface area contributed by atoms with Crippen LogP contribution in [0.4, 0.5) is 0 Å². The van der Waals surface area contributed by atoms with Crippen LogP contribution in [0.3, 0.4) is 0 Å². The van der Waals surface area contributed by atoms with E-state index < -0.39 is 0 Å². The minimum atomic E-state index is 0.249. The summed E-state index contributed by atoms with van der Waals surface area (Å²) in [7, 11) is 0. The molecule has 1 aromatic heterocycles. The monoisotopic (exact) mass is 286 g/mol. The zero-order valence-electron chi connectivity index (χ0n) is 13.1. The number of benzene rings is 1. The number of hydrogen-bond acceptors (Lipinski definition) is 3. The average Bonchev–Trinajstić information content (AvgIpc) is 3.02. The SMILES string of the molecule is CCCCN(CC)C(CN)c1cnn(-c2ccccc2)c1. The van der Waals surface area contributed by atoms with Gasteiger partial charge >= 0.3 is 0 Å². The first-order chi connectivity index (χ1) is 10.3. The van der Waals surface area contributed by atoms with Crippen molar-refractivity contribution in [3.8, 4) is 5.69 Å². The van der Waals surface area contributed by atoms with Crippen molar-refractivity contribution in [1.29, 1.82) is 0 Å². The molecule has 1 heterocycles. The molecule has 4 heteroatoms. The molecule has 0 spiro atoms. The Morgan fingerprint density at radius 3 is 2.62 bits per heavy atom. The Bertz CT molecular complexity index is 521. The van der Waals surface area contributed by atoms with E-state index in [0.717, 1.165) is 18.8 Å². The molecule has 0 aliphatic carbocycles. The molecule has 1 unspecified atom stereocenters. The lowest BCUT2D eigenvalue weighted by molar-refractivity contribution is 0.209. The minimum absolute atomic E-state index is 0.249. The topological polar surface area (TPSA) is 47.1 Å². The van der Waals surface area contributed by atoms with Crippen molar-refractivity contribution in [3.63, 3.8) is 0 Å². The largest absolute Gasteiger partial charge is 0.329 e. The molecule has 0 saturated carbocycles. The summed E-state index contributed by atoms with van der Waals surface area (Å²) in [6, 6.07) is 10.4. The lowest BCUT2D eigenvalue weighted by atomic mass is 10.1. The molecule has 0 amide bonds. The number of unbranched alkanes of at least 4 members (excludes halogenated alkanes) is 1. The van der Waals surface area contributed by atoms with Crippen LogP contribution >= 0.6 is 0 Å². The fourth-order valence-corrected chi connectivity index (χ4v) is 2.62. The van der Waals surface area contributed by atoms with Gasteiger partial charge in [0.25, 0.3) is 0 Å². The van der Waals surface area contributed by atoms with Crippen LogP contribution in [0.2, 0.25) is 0 Å². The Hall–Kier alpha value is -1.65. The number of para-hydroxylation sites is 1. The Morgan fingerprint density at radius 2 is 2.00 bits per heavy atom. The lowest BCUT2D eigenvalue weighted by Crippen LogP contribution is -2.34. The van der Waals surface area contributed by atoms with Crippen molar-refractivity contribution in [2.45, 2.75) is 32.7 Å². The first kappa shape index (κ1) is 15.7. The number of nitrogens with zero attached hydrogens (tertiary/aromatic N) is 3. The Morgan fingerprint density at radius 1 is 1.24 bits per heavy atom. The lowest BCUT2D eigenvalue weighted by Gasteiger charge is -2.29. The van der Waals surface area contributed by atoms with E-state index >= 15 is 0 Å². The number of hydrogen-bond donors (Lipinski definition) is 1. The molecule has 1 aromatic carbocycles. The molecule has 2 N–H and O–H groups in total. The van der Waals surface area contributed by atoms with E-state index in [1.165, 1.54) is 18.4 Å². The van der Waals surface area contributed by atoms with Crippen LogP contribution in [0.25, 0.3) is 5.69 Å². The van der Waals surface area contributed by atoms with Gasteiger partial charge in [-0.1, -0.05) is 38.5 Å². The molecule has 21 heavy (non-hydrogen) atoms. The van der Waals surface area contributed by atoms with E-state index in [-0.39, 0.29) is 6.04 Å². The fraction of sp³-hybridized carbons (Fsp3) is 0.471.